The first kappa shape index (κ1) is 35.1. The summed E-state index contributed by atoms with van der Waals surface area (Å²) in [4.78, 5) is 35.3. The fourth-order valence-electron chi connectivity index (χ4n) is 7.34. The largest absolute Gasteiger partial charge is 0.508 e. The Hall–Kier alpha value is -5.29. The molecule has 52 heavy (non-hydrogen) atoms. The average molecular weight is 721 g/mol. The van der Waals surface area contributed by atoms with E-state index in [1.165, 1.54) is 5.56 Å². The molecule has 5 aromatic rings. The Kier molecular flexibility index (Phi) is 10.2. The van der Waals surface area contributed by atoms with Crippen molar-refractivity contribution in [2.24, 2.45) is 0 Å². The van der Waals surface area contributed by atoms with Gasteiger partial charge >= 0.3 is 0 Å². The van der Waals surface area contributed by atoms with E-state index in [4.69, 9.17) is 14.2 Å². The van der Waals surface area contributed by atoms with Gasteiger partial charge in [-0.25, -0.2) is 0 Å². The molecular formula is C41H41ClN4O6. The van der Waals surface area contributed by atoms with Gasteiger partial charge in [-0.05, 0) is 79.4 Å². The summed E-state index contributed by atoms with van der Waals surface area (Å²) < 4.78 is 19.1. The predicted molar refractivity (Wildman–Crippen MR) is 201 cm³/mol. The van der Waals surface area contributed by atoms with E-state index in [-0.39, 0.29) is 42.8 Å². The fraction of sp³-hybridized carbons (Fsp3) is 0.268. The molecule has 0 saturated carbocycles. The molecule has 1 atom stereocenters. The molecule has 3 aliphatic rings. The Balaban J connectivity index is 0.00000420. The number of hydrogen-bond acceptors (Lipinski definition) is 7. The van der Waals surface area contributed by atoms with Crippen molar-refractivity contribution >= 4 is 35.6 Å². The quantitative estimate of drug-likeness (QED) is 0.186. The Morgan fingerprint density at radius 2 is 1.52 bits per heavy atom. The maximum absolute atomic E-state index is 14.9. The van der Waals surface area contributed by atoms with Gasteiger partial charge in [-0.3, -0.25) is 19.4 Å². The fourth-order valence-corrected chi connectivity index (χ4v) is 7.34. The molecule has 11 heteroatoms. The maximum Gasteiger partial charge on any atom is 0.264 e. The highest BCUT2D eigenvalue weighted by molar-refractivity contribution is 6.11. The number of rotatable bonds is 8. The minimum atomic E-state index is -0.252. The van der Waals surface area contributed by atoms with Crippen molar-refractivity contribution in [2.45, 2.75) is 32.4 Å². The average Bonchev–Trinajstić information content (AvgIpc) is 3.80. The second-order valence-corrected chi connectivity index (χ2v) is 13.3. The molecule has 0 bridgehead atoms. The number of nitrogens with zero attached hydrogens (tertiary/aromatic N) is 4. The number of phenols is 1. The number of aromatic hydroxyl groups is 1. The van der Waals surface area contributed by atoms with E-state index in [9.17, 15) is 14.7 Å². The van der Waals surface area contributed by atoms with Gasteiger partial charge in [0.05, 0.1) is 30.0 Å². The van der Waals surface area contributed by atoms with Crippen molar-refractivity contribution in [1.82, 2.24) is 14.4 Å². The van der Waals surface area contributed by atoms with Crippen molar-refractivity contribution in [2.75, 3.05) is 44.5 Å². The highest BCUT2D eigenvalue weighted by Gasteiger charge is 2.34. The molecule has 0 aliphatic carbocycles. The van der Waals surface area contributed by atoms with Gasteiger partial charge in [0.2, 0.25) is 6.79 Å². The van der Waals surface area contributed by atoms with Crippen LogP contribution >= 0.6 is 12.4 Å². The van der Waals surface area contributed by atoms with Crippen LogP contribution in [0, 0.1) is 6.92 Å². The zero-order valence-electron chi connectivity index (χ0n) is 28.9. The minimum Gasteiger partial charge on any atom is -0.508 e. The lowest BCUT2D eigenvalue weighted by Gasteiger charge is -2.39. The van der Waals surface area contributed by atoms with Crippen LogP contribution in [0.15, 0.2) is 103 Å². The van der Waals surface area contributed by atoms with E-state index in [1.807, 2.05) is 64.9 Å². The number of amides is 2. The molecule has 268 valence electrons. The van der Waals surface area contributed by atoms with Gasteiger partial charge in [-0.1, -0.05) is 42.5 Å². The lowest BCUT2D eigenvalue weighted by Crippen LogP contribution is -2.47. The molecule has 4 aromatic carbocycles. The topological polar surface area (TPSA) is 96.7 Å². The number of para-hydroxylation sites is 1. The normalized spacial score (nSPS) is 16.6. The van der Waals surface area contributed by atoms with Crippen LogP contribution in [0.1, 0.15) is 44.0 Å². The Labute approximate surface area is 309 Å². The summed E-state index contributed by atoms with van der Waals surface area (Å²) in [6.07, 6.45) is 3.40. The standard InChI is InChI=1S/C41H40N4O6.ClH/c1-28-21-31(40(47)45(32-9-3-2-4-10-32)33-11-13-35(46)14-12-33)26-43(28)37-24-39-38(50-27-51-39)23-36(37)41(48)44-25-30-8-6-5-7-29(30)22-34(44)15-16-42-17-19-49-20-18-42;/h2-14,21,23-24,26,34,46H,15-20,22,25,27H2,1H3;1H/t34-;/m1./s1. The van der Waals surface area contributed by atoms with E-state index in [0.29, 0.717) is 46.2 Å². The lowest BCUT2D eigenvalue weighted by molar-refractivity contribution is 0.0308. The number of fused-ring (bicyclic) bond motifs is 2. The van der Waals surface area contributed by atoms with E-state index >= 15 is 0 Å². The third-order valence-electron chi connectivity index (χ3n) is 10.1. The molecule has 2 amide bonds. The Morgan fingerprint density at radius 1 is 0.846 bits per heavy atom. The summed E-state index contributed by atoms with van der Waals surface area (Å²) in [6, 6.07) is 29.8. The van der Waals surface area contributed by atoms with Crippen molar-refractivity contribution in [3.8, 4) is 22.9 Å². The first-order chi connectivity index (χ1) is 24.9. The van der Waals surface area contributed by atoms with Crippen molar-refractivity contribution in [3.63, 3.8) is 0 Å². The van der Waals surface area contributed by atoms with Gasteiger partial charge in [0.15, 0.2) is 11.5 Å². The maximum atomic E-state index is 14.9. The summed E-state index contributed by atoms with van der Waals surface area (Å²) in [7, 11) is 0. The number of carbonyl (C=O) groups excluding carboxylic acids is 2. The first-order valence-electron chi connectivity index (χ1n) is 17.4. The number of hydrogen-bond donors (Lipinski definition) is 1. The van der Waals surface area contributed by atoms with Crippen LogP contribution in [-0.4, -0.2) is 77.0 Å². The third-order valence-corrected chi connectivity index (χ3v) is 10.1. The van der Waals surface area contributed by atoms with Gasteiger partial charge in [-0.2, -0.15) is 0 Å². The number of benzene rings is 4. The SMILES string of the molecule is Cc1cc(C(=O)N(c2ccccc2)c2ccc(O)cc2)cn1-c1cc2c(cc1C(=O)N1Cc3ccccc3C[C@H]1CCN1CCOCC1)OCO2.Cl. The number of halogens is 1. The minimum absolute atomic E-state index is 0. The number of aryl methyl sites for hydroxylation is 1. The number of anilines is 2. The van der Waals surface area contributed by atoms with Crippen LogP contribution in [0.25, 0.3) is 5.69 Å². The molecule has 0 unspecified atom stereocenters. The van der Waals surface area contributed by atoms with E-state index in [2.05, 4.69) is 23.1 Å². The molecule has 0 radical (unpaired) electrons. The second kappa shape index (κ2) is 15.1. The molecule has 3 aliphatic heterocycles. The van der Waals surface area contributed by atoms with Crippen LogP contribution < -0.4 is 14.4 Å². The molecule has 8 rings (SSSR count). The molecule has 10 nitrogen and oxygen atoms in total. The Morgan fingerprint density at radius 3 is 2.27 bits per heavy atom. The van der Waals surface area contributed by atoms with Crippen molar-refractivity contribution in [1.29, 1.82) is 0 Å². The van der Waals surface area contributed by atoms with Gasteiger partial charge in [-0.15, -0.1) is 12.4 Å². The molecule has 1 N–H and O–H groups in total. The van der Waals surface area contributed by atoms with E-state index < -0.39 is 0 Å². The first-order valence-corrected chi connectivity index (χ1v) is 17.4. The highest BCUT2D eigenvalue weighted by atomic mass is 35.5. The highest BCUT2D eigenvalue weighted by Crippen LogP contribution is 2.39. The Bertz CT molecular complexity index is 2060. The second-order valence-electron chi connectivity index (χ2n) is 13.3. The van der Waals surface area contributed by atoms with Crippen LogP contribution in [0.3, 0.4) is 0 Å². The summed E-state index contributed by atoms with van der Waals surface area (Å²) in [6.45, 7) is 6.63. The van der Waals surface area contributed by atoms with Crippen LogP contribution in [0.5, 0.6) is 17.2 Å². The summed E-state index contributed by atoms with van der Waals surface area (Å²) in [5.41, 5.74) is 6.03. The summed E-state index contributed by atoms with van der Waals surface area (Å²) in [5, 5.41) is 9.95. The lowest BCUT2D eigenvalue weighted by atomic mass is 9.91. The van der Waals surface area contributed by atoms with Crippen LogP contribution in [0.2, 0.25) is 0 Å². The molecular weight excluding hydrogens is 680 g/mol. The number of carbonyl (C=O) groups is 2. The van der Waals surface area contributed by atoms with E-state index in [0.717, 1.165) is 56.9 Å². The van der Waals surface area contributed by atoms with Gasteiger partial charge in [0.1, 0.15) is 5.75 Å². The number of phenolic OH excluding ortho intramolecular Hbond substituents is 1. The smallest absolute Gasteiger partial charge is 0.264 e. The number of morpholine rings is 1. The summed E-state index contributed by atoms with van der Waals surface area (Å²) >= 11 is 0. The van der Waals surface area contributed by atoms with Crippen molar-refractivity contribution in [3.05, 3.63) is 131 Å². The van der Waals surface area contributed by atoms with Gasteiger partial charge in [0, 0.05) is 61.6 Å². The molecule has 0 spiro atoms. The van der Waals surface area contributed by atoms with Gasteiger partial charge < -0.3 is 28.8 Å². The molecule has 4 heterocycles. The van der Waals surface area contributed by atoms with Crippen LogP contribution in [-0.2, 0) is 17.7 Å². The number of ether oxygens (including phenoxy) is 3. The zero-order chi connectivity index (χ0) is 34.9. The van der Waals surface area contributed by atoms with Crippen LogP contribution in [0.4, 0.5) is 11.4 Å². The van der Waals surface area contributed by atoms with Gasteiger partial charge in [0.25, 0.3) is 11.8 Å². The van der Waals surface area contributed by atoms with Crippen molar-refractivity contribution < 1.29 is 28.9 Å². The molecule has 1 aromatic heterocycles. The zero-order valence-corrected chi connectivity index (χ0v) is 29.8. The predicted octanol–water partition coefficient (Wildman–Crippen LogP) is 6.91. The monoisotopic (exact) mass is 720 g/mol. The van der Waals surface area contributed by atoms with E-state index in [1.54, 1.807) is 41.4 Å². The summed E-state index contributed by atoms with van der Waals surface area (Å²) in [5.74, 6) is 0.833. The molecule has 1 saturated heterocycles. The molecule has 1 fully saturated rings. The number of aromatic nitrogens is 1. The third kappa shape index (κ3) is 6.97.